The normalized spacial score (nSPS) is 11.2. The van der Waals surface area contributed by atoms with Gasteiger partial charge < -0.3 is 10.8 Å². The molecule has 1 amide bonds. The molecular formula is C15H14NO2. The number of amides is 1. The maximum atomic E-state index is 11.2. The predicted octanol–water partition coefficient (Wildman–Crippen LogP) is 1.61. The molecule has 0 saturated carbocycles. The summed E-state index contributed by atoms with van der Waals surface area (Å²) in [5.74, 6) is -0.662. The van der Waals surface area contributed by atoms with Crippen LogP contribution in [0.3, 0.4) is 0 Å². The third kappa shape index (κ3) is 2.41. The Kier molecular flexibility index (Phi) is 3.44. The zero-order chi connectivity index (χ0) is 13.0. The van der Waals surface area contributed by atoms with Crippen LogP contribution in [0.4, 0.5) is 0 Å². The highest BCUT2D eigenvalue weighted by atomic mass is 16.3. The Hall–Kier alpha value is -2.13. The van der Waals surface area contributed by atoms with Crippen molar-refractivity contribution >= 4 is 5.91 Å². The smallest absolute Gasteiger partial charge is 0.225 e. The highest BCUT2D eigenvalue weighted by Gasteiger charge is 2.33. The molecule has 0 saturated heterocycles. The number of benzene rings is 2. The topological polar surface area (TPSA) is 63.3 Å². The van der Waals surface area contributed by atoms with E-state index < -0.39 is 11.5 Å². The van der Waals surface area contributed by atoms with Crippen LogP contribution >= 0.6 is 0 Å². The molecule has 0 fully saturated rings. The van der Waals surface area contributed by atoms with Crippen molar-refractivity contribution < 1.29 is 9.90 Å². The van der Waals surface area contributed by atoms with Crippen LogP contribution in [0.5, 0.6) is 0 Å². The number of aliphatic hydroxyl groups is 1. The summed E-state index contributed by atoms with van der Waals surface area (Å²) in [6.07, 6.45) is 1.12. The van der Waals surface area contributed by atoms with E-state index in [4.69, 9.17) is 5.73 Å². The van der Waals surface area contributed by atoms with E-state index in [-0.39, 0.29) is 0 Å². The maximum absolute atomic E-state index is 11.2. The summed E-state index contributed by atoms with van der Waals surface area (Å²) in [6.45, 7) is 0. The van der Waals surface area contributed by atoms with Crippen molar-refractivity contribution in [1.29, 1.82) is 0 Å². The second kappa shape index (κ2) is 5.02. The largest absolute Gasteiger partial charge is 0.380 e. The van der Waals surface area contributed by atoms with Crippen LogP contribution in [-0.2, 0) is 10.4 Å². The van der Waals surface area contributed by atoms with Gasteiger partial charge in [-0.3, -0.25) is 4.79 Å². The second-order valence-corrected chi connectivity index (χ2v) is 4.05. The molecule has 91 valence electrons. The van der Waals surface area contributed by atoms with Gasteiger partial charge in [0.05, 0.1) is 6.42 Å². The molecule has 0 aliphatic carbocycles. The van der Waals surface area contributed by atoms with Crippen LogP contribution in [0.25, 0.3) is 0 Å². The number of carbonyl (C=O) groups excluding carboxylic acids is 1. The second-order valence-electron chi connectivity index (χ2n) is 4.05. The first kappa shape index (κ1) is 12.3. The van der Waals surface area contributed by atoms with Crippen molar-refractivity contribution in [3.8, 4) is 0 Å². The van der Waals surface area contributed by atoms with Crippen molar-refractivity contribution in [3.05, 3.63) is 78.2 Å². The van der Waals surface area contributed by atoms with Gasteiger partial charge >= 0.3 is 0 Å². The number of primary amides is 1. The fourth-order valence-electron chi connectivity index (χ4n) is 1.92. The fraction of sp³-hybridized carbons (Fsp3) is 0.0667. The lowest BCUT2D eigenvalue weighted by atomic mass is 9.83. The van der Waals surface area contributed by atoms with Gasteiger partial charge in [-0.05, 0) is 11.1 Å². The van der Waals surface area contributed by atoms with Gasteiger partial charge in [0.15, 0.2) is 0 Å². The van der Waals surface area contributed by atoms with Crippen molar-refractivity contribution in [1.82, 2.24) is 0 Å². The summed E-state index contributed by atoms with van der Waals surface area (Å²) in [7, 11) is 0. The van der Waals surface area contributed by atoms with Crippen LogP contribution in [0.15, 0.2) is 60.7 Å². The van der Waals surface area contributed by atoms with Gasteiger partial charge in [0.25, 0.3) is 0 Å². The summed E-state index contributed by atoms with van der Waals surface area (Å²) >= 11 is 0. The van der Waals surface area contributed by atoms with Gasteiger partial charge in [0, 0.05) is 0 Å². The number of hydrogen-bond donors (Lipinski definition) is 2. The molecule has 18 heavy (non-hydrogen) atoms. The molecule has 2 rings (SSSR count). The average molecular weight is 240 g/mol. The van der Waals surface area contributed by atoms with Crippen molar-refractivity contribution in [2.24, 2.45) is 5.73 Å². The number of carbonyl (C=O) groups is 1. The van der Waals surface area contributed by atoms with E-state index >= 15 is 0 Å². The SMILES string of the molecule is NC(=O)[CH]C(O)(c1ccccc1)c1ccccc1. The van der Waals surface area contributed by atoms with Gasteiger partial charge in [0.1, 0.15) is 5.60 Å². The highest BCUT2D eigenvalue weighted by Crippen LogP contribution is 2.31. The Morgan fingerprint density at radius 3 is 1.67 bits per heavy atom. The summed E-state index contributed by atoms with van der Waals surface area (Å²) in [4.78, 5) is 11.2. The molecule has 0 aliphatic heterocycles. The van der Waals surface area contributed by atoms with E-state index in [1.807, 2.05) is 12.1 Å². The third-order valence-electron chi connectivity index (χ3n) is 2.78. The lowest BCUT2D eigenvalue weighted by molar-refractivity contribution is -0.116. The minimum absolute atomic E-state index is 0.606. The molecule has 0 aliphatic rings. The Bertz CT molecular complexity index is 483. The van der Waals surface area contributed by atoms with Gasteiger partial charge in [-0.25, -0.2) is 0 Å². The third-order valence-corrected chi connectivity index (χ3v) is 2.78. The zero-order valence-corrected chi connectivity index (χ0v) is 9.78. The Morgan fingerprint density at radius 1 is 0.944 bits per heavy atom. The quantitative estimate of drug-likeness (QED) is 0.852. The Balaban J connectivity index is 2.51. The lowest BCUT2D eigenvalue weighted by Gasteiger charge is -2.27. The van der Waals surface area contributed by atoms with Crippen LogP contribution in [-0.4, -0.2) is 11.0 Å². The van der Waals surface area contributed by atoms with E-state index in [0.717, 1.165) is 6.42 Å². The summed E-state index contributed by atoms with van der Waals surface area (Å²) < 4.78 is 0. The minimum Gasteiger partial charge on any atom is -0.380 e. The first-order valence-electron chi connectivity index (χ1n) is 5.62. The van der Waals surface area contributed by atoms with Crippen molar-refractivity contribution in [2.75, 3.05) is 0 Å². The highest BCUT2D eigenvalue weighted by molar-refractivity contribution is 5.85. The number of hydrogen-bond acceptors (Lipinski definition) is 2. The Labute approximate surface area is 106 Å². The molecule has 3 N–H and O–H groups in total. The van der Waals surface area contributed by atoms with Gasteiger partial charge in [-0.2, -0.15) is 0 Å². The van der Waals surface area contributed by atoms with Crippen LogP contribution < -0.4 is 5.73 Å². The van der Waals surface area contributed by atoms with Gasteiger partial charge in [0.2, 0.25) is 5.91 Å². The maximum Gasteiger partial charge on any atom is 0.225 e. The minimum atomic E-state index is -1.49. The molecule has 1 radical (unpaired) electrons. The summed E-state index contributed by atoms with van der Waals surface area (Å²) in [6, 6.07) is 17.9. The van der Waals surface area contributed by atoms with Crippen molar-refractivity contribution in [2.45, 2.75) is 5.60 Å². The van der Waals surface area contributed by atoms with E-state index in [9.17, 15) is 9.90 Å². The average Bonchev–Trinajstić information content (AvgIpc) is 2.40. The molecule has 0 aromatic heterocycles. The fourth-order valence-corrected chi connectivity index (χ4v) is 1.92. The number of rotatable bonds is 4. The first-order chi connectivity index (χ1) is 8.63. The van der Waals surface area contributed by atoms with Crippen LogP contribution in [0.1, 0.15) is 11.1 Å². The van der Waals surface area contributed by atoms with E-state index in [1.54, 1.807) is 48.5 Å². The lowest BCUT2D eigenvalue weighted by Crippen LogP contribution is -2.34. The molecule has 3 nitrogen and oxygen atoms in total. The molecule has 0 bridgehead atoms. The molecule has 0 unspecified atom stereocenters. The monoisotopic (exact) mass is 240 g/mol. The Morgan fingerprint density at radius 2 is 1.33 bits per heavy atom. The molecule has 0 heterocycles. The predicted molar refractivity (Wildman–Crippen MR) is 69.4 cm³/mol. The van der Waals surface area contributed by atoms with E-state index in [1.165, 1.54) is 0 Å². The molecule has 3 heteroatoms. The molecule has 0 spiro atoms. The van der Waals surface area contributed by atoms with Crippen LogP contribution in [0, 0.1) is 6.42 Å². The summed E-state index contributed by atoms with van der Waals surface area (Å²) in [5, 5.41) is 10.8. The van der Waals surface area contributed by atoms with Crippen molar-refractivity contribution in [3.63, 3.8) is 0 Å². The van der Waals surface area contributed by atoms with E-state index in [2.05, 4.69) is 0 Å². The number of nitrogens with two attached hydrogens (primary N) is 1. The first-order valence-corrected chi connectivity index (χ1v) is 5.62. The molecule has 2 aromatic rings. The van der Waals surface area contributed by atoms with Crippen LogP contribution in [0.2, 0.25) is 0 Å². The standard InChI is InChI=1S/C15H14NO2/c16-14(17)11-15(18,12-7-3-1-4-8-12)13-9-5-2-6-10-13/h1-11,18H,(H2,16,17). The molecule has 0 atom stereocenters. The molecule has 2 aromatic carbocycles. The summed E-state index contributed by atoms with van der Waals surface area (Å²) in [5.41, 5.74) is 4.92. The van der Waals surface area contributed by atoms with E-state index in [0.29, 0.717) is 11.1 Å². The zero-order valence-electron chi connectivity index (χ0n) is 9.78. The van der Waals surface area contributed by atoms with Gasteiger partial charge in [-0.15, -0.1) is 0 Å². The molecular weight excluding hydrogens is 226 g/mol. The van der Waals surface area contributed by atoms with Gasteiger partial charge in [-0.1, -0.05) is 60.7 Å².